The lowest BCUT2D eigenvalue weighted by molar-refractivity contribution is 0.000672. The quantitative estimate of drug-likeness (QED) is 0.652. The van der Waals surface area contributed by atoms with Crippen LogP contribution in [0, 0.1) is 0 Å². The minimum Gasteiger partial charge on any atom is -0.486 e. The topological polar surface area (TPSA) is 102 Å². The molecule has 2 atom stereocenters. The summed E-state index contributed by atoms with van der Waals surface area (Å²) in [7, 11) is -3.22. The van der Waals surface area contributed by atoms with Crippen LogP contribution >= 0.6 is 0 Å². The molecule has 0 radical (unpaired) electrons. The van der Waals surface area contributed by atoms with E-state index in [4.69, 9.17) is 9.47 Å². The number of anilines is 1. The second kappa shape index (κ2) is 8.81. The minimum atomic E-state index is -3.22. The van der Waals surface area contributed by atoms with E-state index in [9.17, 15) is 13.2 Å². The Balaban J connectivity index is 1.35. The lowest BCUT2D eigenvalue weighted by Gasteiger charge is -2.51. The predicted octanol–water partition coefficient (Wildman–Crippen LogP) is 3.05. The zero-order valence-electron chi connectivity index (χ0n) is 19.4. The summed E-state index contributed by atoms with van der Waals surface area (Å²) in [5, 5.41) is 0. The van der Waals surface area contributed by atoms with Gasteiger partial charge in [0.25, 0.3) is 0 Å². The van der Waals surface area contributed by atoms with Crippen molar-refractivity contribution in [3.63, 3.8) is 0 Å². The van der Waals surface area contributed by atoms with E-state index in [1.165, 1.54) is 6.26 Å². The molecule has 1 aromatic carbocycles. The van der Waals surface area contributed by atoms with E-state index in [0.717, 1.165) is 18.4 Å². The van der Waals surface area contributed by atoms with Crippen LogP contribution in [0.4, 0.5) is 10.7 Å². The molecule has 2 aromatic rings. The molecule has 5 rings (SSSR count). The summed E-state index contributed by atoms with van der Waals surface area (Å²) in [6.45, 7) is 7.19. The summed E-state index contributed by atoms with van der Waals surface area (Å²) in [4.78, 5) is 25.8. The molecule has 9 nitrogen and oxygen atoms in total. The fourth-order valence-corrected chi connectivity index (χ4v) is 4.78. The molecule has 0 aliphatic carbocycles. The second-order valence-electron chi connectivity index (χ2n) is 9.59. The molecule has 178 valence electrons. The first-order valence-corrected chi connectivity index (χ1v) is 12.9. The van der Waals surface area contributed by atoms with Crippen LogP contribution in [0.2, 0.25) is 0 Å². The maximum Gasteiger partial charge on any atom is 0.410 e. The number of amides is 1. The van der Waals surface area contributed by atoms with Gasteiger partial charge in [0.15, 0.2) is 15.6 Å². The number of ether oxygens (including phenoxy) is 2. The van der Waals surface area contributed by atoms with Gasteiger partial charge in [-0.1, -0.05) is 12.1 Å². The van der Waals surface area contributed by atoms with Crippen LogP contribution in [-0.4, -0.2) is 66.4 Å². The van der Waals surface area contributed by atoms with Crippen LogP contribution in [-0.2, 0) is 21.2 Å². The highest BCUT2D eigenvalue weighted by atomic mass is 32.2. The van der Waals surface area contributed by atoms with Crippen LogP contribution in [0.1, 0.15) is 39.2 Å². The average molecular weight is 475 g/mol. The number of piperazine rings is 1. The molecule has 2 bridgehead atoms. The third-order valence-corrected chi connectivity index (χ3v) is 6.91. The highest BCUT2D eigenvalue weighted by molar-refractivity contribution is 7.90. The standard InChI is InChI=1S/C23H30N4O5S/c1-23(2,3)32-22(28)27-14-17-7-8-18(27)13-26(17)21-24-11-19(12-25-21)31-15-16-5-9-20(10-6-16)33(4,29)30/h5-6,9-12,17-18H,7-8,13-15H2,1-4H3/t17-,18-/m1/s1. The Morgan fingerprint density at radius 2 is 1.70 bits per heavy atom. The van der Waals surface area contributed by atoms with Gasteiger partial charge in [0.2, 0.25) is 5.95 Å². The van der Waals surface area contributed by atoms with E-state index in [1.807, 2.05) is 25.7 Å². The van der Waals surface area contributed by atoms with Gasteiger partial charge in [-0.3, -0.25) is 0 Å². The van der Waals surface area contributed by atoms with E-state index in [0.29, 0.717) is 24.8 Å². The lowest BCUT2D eigenvalue weighted by Crippen LogP contribution is -2.64. The Hall–Kier alpha value is -2.88. The van der Waals surface area contributed by atoms with Crippen molar-refractivity contribution in [2.45, 2.75) is 62.8 Å². The van der Waals surface area contributed by atoms with E-state index in [2.05, 4.69) is 14.9 Å². The normalized spacial score (nSPS) is 20.6. The molecular weight excluding hydrogens is 444 g/mol. The molecule has 33 heavy (non-hydrogen) atoms. The van der Waals surface area contributed by atoms with E-state index in [1.54, 1.807) is 36.7 Å². The monoisotopic (exact) mass is 474 g/mol. The average Bonchev–Trinajstić information content (AvgIpc) is 2.77. The number of aromatic nitrogens is 2. The first kappa shape index (κ1) is 23.3. The first-order valence-electron chi connectivity index (χ1n) is 11.0. The molecule has 3 fully saturated rings. The zero-order chi connectivity index (χ0) is 23.8. The molecule has 0 spiro atoms. The highest BCUT2D eigenvalue weighted by Gasteiger charge is 2.43. The molecule has 0 N–H and O–H groups in total. The number of benzene rings is 1. The van der Waals surface area contributed by atoms with Crippen molar-refractivity contribution in [2.24, 2.45) is 0 Å². The molecule has 1 aromatic heterocycles. The molecule has 4 heterocycles. The van der Waals surface area contributed by atoms with Crippen molar-refractivity contribution in [3.05, 3.63) is 42.2 Å². The van der Waals surface area contributed by atoms with E-state index < -0.39 is 15.4 Å². The Bertz CT molecular complexity index is 1100. The van der Waals surface area contributed by atoms with Crippen molar-refractivity contribution >= 4 is 21.9 Å². The van der Waals surface area contributed by atoms with Crippen LogP contribution in [0.25, 0.3) is 0 Å². The smallest absolute Gasteiger partial charge is 0.410 e. The van der Waals surface area contributed by atoms with Crippen molar-refractivity contribution in [3.8, 4) is 5.75 Å². The first-order chi connectivity index (χ1) is 15.5. The van der Waals surface area contributed by atoms with Crippen molar-refractivity contribution < 1.29 is 22.7 Å². The highest BCUT2D eigenvalue weighted by Crippen LogP contribution is 2.32. The summed E-state index contributed by atoms with van der Waals surface area (Å²) in [5.41, 5.74) is 0.337. The predicted molar refractivity (Wildman–Crippen MR) is 123 cm³/mol. The fraction of sp³-hybridized carbons (Fsp3) is 0.522. The van der Waals surface area contributed by atoms with Gasteiger partial charge >= 0.3 is 6.09 Å². The van der Waals surface area contributed by atoms with Crippen molar-refractivity contribution in [1.82, 2.24) is 14.9 Å². The Morgan fingerprint density at radius 1 is 1.06 bits per heavy atom. The molecular formula is C23H30N4O5S. The number of rotatable bonds is 5. The SMILES string of the molecule is CC(C)(C)OC(=O)N1C[C@H]2CC[C@@H]1CN2c1ncc(OCc2ccc(S(C)(=O)=O)cc2)cn1. The summed E-state index contributed by atoms with van der Waals surface area (Å²) < 4.78 is 34.4. The van der Waals surface area contributed by atoms with Crippen LogP contribution < -0.4 is 9.64 Å². The zero-order valence-corrected chi connectivity index (χ0v) is 20.2. The van der Waals surface area contributed by atoms with Crippen LogP contribution in [0.5, 0.6) is 5.75 Å². The Labute approximate surface area is 194 Å². The van der Waals surface area contributed by atoms with Crippen LogP contribution in [0.15, 0.2) is 41.6 Å². The minimum absolute atomic E-state index is 0.0827. The van der Waals surface area contributed by atoms with Gasteiger partial charge in [-0.05, 0) is 51.3 Å². The molecule has 0 unspecified atom stereocenters. The number of carbonyl (C=O) groups is 1. The Morgan fingerprint density at radius 3 is 2.24 bits per heavy atom. The molecule has 3 saturated heterocycles. The number of hydrogen-bond acceptors (Lipinski definition) is 8. The summed E-state index contributed by atoms with van der Waals surface area (Å²) in [5.74, 6) is 1.15. The number of piperidine rings is 2. The molecule has 3 aliphatic heterocycles. The number of fused-ring (bicyclic) bond motifs is 3. The Kier molecular flexibility index (Phi) is 6.22. The number of nitrogens with zero attached hydrogens (tertiary/aromatic N) is 4. The summed E-state index contributed by atoms with van der Waals surface area (Å²) >= 11 is 0. The van der Waals surface area contributed by atoms with E-state index in [-0.39, 0.29) is 29.7 Å². The third kappa shape index (κ3) is 5.55. The van der Waals surface area contributed by atoms with Gasteiger partial charge < -0.3 is 19.3 Å². The molecule has 3 aliphatic rings. The molecule has 0 saturated carbocycles. The summed E-state index contributed by atoms with van der Waals surface area (Å²) in [6.07, 6.45) is 6.13. The van der Waals surface area contributed by atoms with Crippen molar-refractivity contribution in [2.75, 3.05) is 24.2 Å². The van der Waals surface area contributed by atoms with Gasteiger partial charge in [-0.15, -0.1) is 0 Å². The van der Waals surface area contributed by atoms with Gasteiger partial charge in [-0.25, -0.2) is 23.2 Å². The van der Waals surface area contributed by atoms with Gasteiger partial charge in [0.1, 0.15) is 12.2 Å². The second-order valence-corrected chi connectivity index (χ2v) is 11.6. The van der Waals surface area contributed by atoms with Gasteiger partial charge in [0, 0.05) is 25.4 Å². The lowest BCUT2D eigenvalue weighted by atomic mass is 9.91. The fourth-order valence-electron chi connectivity index (χ4n) is 4.15. The van der Waals surface area contributed by atoms with Gasteiger partial charge in [-0.2, -0.15) is 0 Å². The third-order valence-electron chi connectivity index (χ3n) is 5.79. The van der Waals surface area contributed by atoms with Gasteiger partial charge in [0.05, 0.1) is 23.3 Å². The van der Waals surface area contributed by atoms with E-state index >= 15 is 0 Å². The number of sulfone groups is 1. The largest absolute Gasteiger partial charge is 0.486 e. The maximum atomic E-state index is 12.6. The number of hydrogen-bond donors (Lipinski definition) is 0. The molecule has 10 heteroatoms. The number of carbonyl (C=O) groups excluding carboxylic acids is 1. The molecule has 1 amide bonds. The van der Waals surface area contributed by atoms with Crippen molar-refractivity contribution in [1.29, 1.82) is 0 Å². The maximum absolute atomic E-state index is 12.6. The van der Waals surface area contributed by atoms with Crippen LogP contribution in [0.3, 0.4) is 0 Å². The summed E-state index contributed by atoms with van der Waals surface area (Å²) in [6, 6.07) is 6.83.